The lowest BCUT2D eigenvalue weighted by Gasteiger charge is -2.13. The zero-order valence-electron chi connectivity index (χ0n) is 13.6. The molecule has 0 saturated carbocycles. The third-order valence-corrected chi connectivity index (χ3v) is 3.98. The molecule has 2 aromatic rings. The van der Waals surface area contributed by atoms with Gasteiger partial charge in [-0.3, -0.25) is 29.4 Å². The highest BCUT2D eigenvalue weighted by Crippen LogP contribution is 2.22. The van der Waals surface area contributed by atoms with Gasteiger partial charge in [0.05, 0.1) is 29.0 Å². The number of para-hydroxylation sites is 1. The van der Waals surface area contributed by atoms with Crippen molar-refractivity contribution in [2.45, 2.75) is 6.42 Å². The molecular weight excluding hydrogens is 340 g/mol. The van der Waals surface area contributed by atoms with Gasteiger partial charge in [-0.15, -0.1) is 0 Å². The van der Waals surface area contributed by atoms with E-state index in [1.54, 1.807) is 30.3 Å². The van der Waals surface area contributed by atoms with Crippen LogP contribution in [0.4, 0.5) is 5.69 Å². The fourth-order valence-electron chi connectivity index (χ4n) is 2.74. The van der Waals surface area contributed by atoms with Crippen LogP contribution >= 0.6 is 0 Å². The number of carbonyl (C=O) groups excluding carboxylic acids is 3. The standard InChI is InChI=1S/C18H14N2O6/c21-16(11-12-5-1-4-8-15(12)20(24)25)26-10-9-19-17(22)13-6-2-3-7-14(13)18(19)23/h1-8H,9-11H2. The minimum atomic E-state index is -0.670. The molecular formula is C18H14N2O6. The number of ether oxygens (including phenoxy) is 1. The molecule has 0 bridgehead atoms. The Morgan fingerprint density at radius 3 is 2.19 bits per heavy atom. The summed E-state index contributed by atoms with van der Waals surface area (Å²) in [4.78, 5) is 47.7. The lowest BCUT2D eigenvalue weighted by Crippen LogP contribution is -2.33. The highest BCUT2D eigenvalue weighted by Gasteiger charge is 2.34. The molecule has 26 heavy (non-hydrogen) atoms. The summed E-state index contributed by atoms with van der Waals surface area (Å²) in [7, 11) is 0. The summed E-state index contributed by atoms with van der Waals surface area (Å²) < 4.78 is 5.03. The van der Waals surface area contributed by atoms with Gasteiger partial charge in [0.2, 0.25) is 0 Å². The molecule has 1 aliphatic heterocycles. The van der Waals surface area contributed by atoms with E-state index in [4.69, 9.17) is 4.74 Å². The van der Waals surface area contributed by atoms with E-state index < -0.39 is 22.7 Å². The van der Waals surface area contributed by atoms with Crippen molar-refractivity contribution in [3.05, 3.63) is 75.3 Å². The predicted molar refractivity (Wildman–Crippen MR) is 89.6 cm³/mol. The molecule has 8 nitrogen and oxygen atoms in total. The molecule has 0 radical (unpaired) electrons. The van der Waals surface area contributed by atoms with Crippen LogP contribution in [0.1, 0.15) is 26.3 Å². The Morgan fingerprint density at radius 1 is 1.00 bits per heavy atom. The van der Waals surface area contributed by atoms with Gasteiger partial charge in [-0.2, -0.15) is 0 Å². The van der Waals surface area contributed by atoms with Crippen molar-refractivity contribution in [3.8, 4) is 0 Å². The maximum atomic E-state index is 12.2. The van der Waals surface area contributed by atoms with Gasteiger partial charge >= 0.3 is 5.97 Å². The largest absolute Gasteiger partial charge is 0.464 e. The normalized spacial score (nSPS) is 12.8. The summed E-state index contributed by atoms with van der Waals surface area (Å²) in [6.45, 7) is -0.250. The van der Waals surface area contributed by atoms with E-state index in [0.29, 0.717) is 11.1 Å². The lowest BCUT2D eigenvalue weighted by atomic mass is 10.1. The van der Waals surface area contributed by atoms with Gasteiger partial charge < -0.3 is 4.74 Å². The van der Waals surface area contributed by atoms with Gasteiger partial charge in [0.15, 0.2) is 0 Å². The number of carbonyl (C=O) groups is 3. The quantitative estimate of drug-likeness (QED) is 0.340. The maximum Gasteiger partial charge on any atom is 0.310 e. The highest BCUT2D eigenvalue weighted by molar-refractivity contribution is 6.21. The number of fused-ring (bicyclic) bond motifs is 1. The van der Waals surface area contributed by atoms with Crippen LogP contribution in [0, 0.1) is 10.1 Å². The molecule has 0 N–H and O–H groups in total. The number of hydrogen-bond donors (Lipinski definition) is 0. The smallest absolute Gasteiger partial charge is 0.310 e. The van der Waals surface area contributed by atoms with Crippen LogP contribution in [0.2, 0.25) is 0 Å². The second kappa shape index (κ2) is 7.14. The Bertz CT molecular complexity index is 873. The zero-order chi connectivity index (χ0) is 18.7. The molecule has 2 aromatic carbocycles. The number of amides is 2. The second-order valence-corrected chi connectivity index (χ2v) is 5.59. The van der Waals surface area contributed by atoms with Crippen LogP contribution in [0.15, 0.2) is 48.5 Å². The number of hydrogen-bond acceptors (Lipinski definition) is 6. The Labute approximate surface area is 148 Å². The number of imide groups is 1. The molecule has 3 rings (SSSR count). The van der Waals surface area contributed by atoms with Gasteiger partial charge in [0.1, 0.15) is 6.61 Å². The van der Waals surface area contributed by atoms with E-state index >= 15 is 0 Å². The van der Waals surface area contributed by atoms with Crippen molar-refractivity contribution in [2.24, 2.45) is 0 Å². The third-order valence-electron chi connectivity index (χ3n) is 3.98. The van der Waals surface area contributed by atoms with Crippen molar-refractivity contribution >= 4 is 23.5 Å². The number of nitro groups is 1. The molecule has 0 fully saturated rings. The maximum absolute atomic E-state index is 12.2. The molecule has 1 heterocycles. The number of rotatable bonds is 6. The number of benzene rings is 2. The van der Waals surface area contributed by atoms with Gasteiger partial charge in [0.25, 0.3) is 17.5 Å². The SMILES string of the molecule is O=C(Cc1ccccc1[N+](=O)[O-])OCCN1C(=O)c2ccccc2C1=O. The lowest BCUT2D eigenvalue weighted by molar-refractivity contribution is -0.385. The van der Waals surface area contributed by atoms with E-state index in [2.05, 4.69) is 0 Å². The first-order valence-electron chi connectivity index (χ1n) is 7.82. The second-order valence-electron chi connectivity index (χ2n) is 5.59. The number of nitrogens with zero attached hydrogens (tertiary/aromatic N) is 2. The first-order chi connectivity index (χ1) is 12.5. The molecule has 2 amide bonds. The first-order valence-corrected chi connectivity index (χ1v) is 7.82. The molecule has 0 aliphatic carbocycles. The van der Waals surface area contributed by atoms with Crippen LogP contribution in [0.25, 0.3) is 0 Å². The molecule has 1 aliphatic rings. The highest BCUT2D eigenvalue weighted by atomic mass is 16.6. The van der Waals surface area contributed by atoms with Crippen molar-refractivity contribution in [3.63, 3.8) is 0 Å². The average Bonchev–Trinajstić information content (AvgIpc) is 2.87. The van der Waals surface area contributed by atoms with Crippen molar-refractivity contribution < 1.29 is 24.0 Å². The summed E-state index contributed by atoms with van der Waals surface area (Å²) in [5.74, 6) is -1.53. The Balaban J connectivity index is 1.56. The van der Waals surface area contributed by atoms with Crippen molar-refractivity contribution in [1.82, 2.24) is 4.90 Å². The molecule has 0 atom stereocenters. The van der Waals surface area contributed by atoms with E-state index in [9.17, 15) is 24.5 Å². The van der Waals surface area contributed by atoms with Crippen LogP contribution in [-0.4, -0.2) is 40.8 Å². The summed E-state index contributed by atoms with van der Waals surface area (Å²) in [6.07, 6.45) is -0.265. The fourth-order valence-corrected chi connectivity index (χ4v) is 2.74. The molecule has 8 heteroatoms. The Kier molecular flexibility index (Phi) is 4.74. The van der Waals surface area contributed by atoms with E-state index in [1.165, 1.54) is 18.2 Å². The molecule has 0 saturated heterocycles. The molecule has 0 aromatic heterocycles. The Morgan fingerprint density at radius 2 is 1.58 bits per heavy atom. The summed E-state index contributed by atoms with van der Waals surface area (Å²) in [5.41, 5.74) is 0.723. The molecule has 0 spiro atoms. The number of nitro benzene ring substituents is 1. The van der Waals surface area contributed by atoms with Crippen LogP contribution < -0.4 is 0 Å². The first kappa shape index (κ1) is 17.3. The van der Waals surface area contributed by atoms with Gasteiger partial charge in [0, 0.05) is 11.6 Å². The fraction of sp³-hybridized carbons (Fsp3) is 0.167. The summed E-state index contributed by atoms with van der Waals surface area (Å²) in [6, 6.07) is 12.3. The zero-order valence-corrected chi connectivity index (χ0v) is 13.6. The van der Waals surface area contributed by atoms with Crippen LogP contribution in [0.5, 0.6) is 0 Å². The van der Waals surface area contributed by atoms with Gasteiger partial charge in [-0.05, 0) is 12.1 Å². The summed E-state index contributed by atoms with van der Waals surface area (Å²) in [5, 5.41) is 10.9. The van der Waals surface area contributed by atoms with E-state index in [-0.39, 0.29) is 30.8 Å². The van der Waals surface area contributed by atoms with E-state index in [1.807, 2.05) is 0 Å². The molecule has 0 unspecified atom stereocenters. The minimum absolute atomic E-state index is 0.0744. The van der Waals surface area contributed by atoms with Gasteiger partial charge in [-0.25, -0.2) is 0 Å². The van der Waals surface area contributed by atoms with Crippen LogP contribution in [0.3, 0.4) is 0 Å². The molecule has 132 valence electrons. The van der Waals surface area contributed by atoms with Gasteiger partial charge in [-0.1, -0.05) is 30.3 Å². The predicted octanol–water partition coefficient (Wildman–Crippen LogP) is 1.98. The summed E-state index contributed by atoms with van der Waals surface area (Å²) >= 11 is 0. The monoisotopic (exact) mass is 354 g/mol. The van der Waals surface area contributed by atoms with Crippen molar-refractivity contribution in [2.75, 3.05) is 13.2 Å². The van der Waals surface area contributed by atoms with Crippen LogP contribution in [-0.2, 0) is 16.0 Å². The Hall–Kier alpha value is -3.55. The van der Waals surface area contributed by atoms with E-state index in [0.717, 1.165) is 4.90 Å². The third kappa shape index (κ3) is 3.30. The minimum Gasteiger partial charge on any atom is -0.464 e. The van der Waals surface area contributed by atoms with Crippen molar-refractivity contribution in [1.29, 1.82) is 0 Å². The topological polar surface area (TPSA) is 107 Å². The average molecular weight is 354 g/mol. The number of esters is 1.